The average Bonchev–Trinajstić information content (AvgIpc) is 1.73. The molecular weight excluding hydrogens is 1260 g/mol. The van der Waals surface area contributed by atoms with Gasteiger partial charge in [-0.05, 0) is 42.1 Å². The molecule has 0 N–H and O–H groups in total. The number of carbonyl (C=O) groups is 8. The molecule has 0 spiro atoms. The van der Waals surface area contributed by atoms with E-state index in [9.17, 15) is 28.8 Å². The van der Waals surface area contributed by atoms with Gasteiger partial charge in [0.1, 0.15) is 43.2 Å². The normalized spacial score (nSPS) is 28.2. The fourth-order valence-corrected chi connectivity index (χ4v) is 14.2. The number of rotatable bonds is 23. The highest BCUT2D eigenvalue weighted by Gasteiger charge is 2.63. The van der Waals surface area contributed by atoms with Gasteiger partial charge in [0.15, 0.2) is 57.7 Å². The number of fused-ring (bicyclic) bond motifs is 1. The maximum atomic E-state index is 15.7. The molecule has 7 rings (SSSR count). The van der Waals surface area contributed by atoms with Gasteiger partial charge in [-0.25, -0.2) is 0 Å². The Morgan fingerprint density at radius 2 is 0.966 bits per heavy atom. The van der Waals surface area contributed by atoms with Crippen molar-refractivity contribution < 1.29 is 104 Å². The predicted molar refractivity (Wildman–Crippen MR) is 315 cm³/mol. The molecule has 28 heteroatoms. The van der Waals surface area contributed by atoms with Gasteiger partial charge in [-0.1, -0.05) is 135 Å². The number of hydrogen-bond acceptors (Lipinski definition) is 22. The SMILES string of the molecule is CC(=O)OC[C@H]1O[C@@H](O[C@H]2[C@H](O[C@@H]3O[C@@H](C)[C@@H](OC(C)=O)[C@@H](OC(C)=O)[C@@H]3OCc3ccccc3)[C@@H](N3C(=O)c4c(Cl)c(Cl)c(Cl)c(Cl)c4C3=O)[C@H](O[Si](C)(C)C(C)(C)C(C)C)O[C@@H]2COCc2ccccc2)[C@H](OC(C)=O)[C@@H](OC(C)=O)[C@H]1OC(C)=O. The smallest absolute Gasteiger partial charge is 0.303 e. The first-order chi connectivity index (χ1) is 41.3. The summed E-state index contributed by atoms with van der Waals surface area (Å²) in [7, 11) is -3.31. The summed E-state index contributed by atoms with van der Waals surface area (Å²) in [4.78, 5) is 110. The maximum absolute atomic E-state index is 15.7. The minimum absolute atomic E-state index is 0.0508. The van der Waals surface area contributed by atoms with E-state index in [-0.39, 0.29) is 29.2 Å². The maximum Gasteiger partial charge on any atom is 0.303 e. The molecule has 3 fully saturated rings. The van der Waals surface area contributed by atoms with Gasteiger partial charge in [-0.3, -0.25) is 43.3 Å². The Hall–Kier alpha value is -5.32. The molecule has 88 heavy (non-hydrogen) atoms. The Kier molecular flexibility index (Phi) is 23.7. The van der Waals surface area contributed by atoms with E-state index < -0.39 is 187 Å². The zero-order chi connectivity index (χ0) is 64.9. The number of carbonyl (C=O) groups excluding carboxylic acids is 8. The van der Waals surface area contributed by atoms with E-state index in [2.05, 4.69) is 0 Å². The number of benzene rings is 3. The fourth-order valence-electron chi connectivity index (χ4n) is 10.7. The zero-order valence-corrected chi connectivity index (χ0v) is 54.8. The van der Waals surface area contributed by atoms with Gasteiger partial charge in [0.25, 0.3) is 11.8 Å². The fraction of sp³-hybridized carbons (Fsp3) is 0.567. The summed E-state index contributed by atoms with van der Waals surface area (Å²) < 4.78 is 90.0. The summed E-state index contributed by atoms with van der Waals surface area (Å²) in [6, 6.07) is 15.9. The lowest BCUT2D eigenvalue weighted by Crippen LogP contribution is -2.72. The van der Waals surface area contributed by atoms with Crippen LogP contribution in [-0.4, -0.2) is 166 Å². The first-order valence-electron chi connectivity index (χ1n) is 28.3. The third-order valence-electron chi connectivity index (χ3n) is 16.0. The molecular formula is C60H73Cl4NO22Si. The highest BCUT2D eigenvalue weighted by molar-refractivity contribution is 6.74. The average molecular weight is 1330 g/mol. The van der Waals surface area contributed by atoms with E-state index in [0.29, 0.717) is 11.1 Å². The van der Waals surface area contributed by atoms with Crippen LogP contribution < -0.4 is 0 Å². The Bertz CT molecular complexity index is 3000. The van der Waals surface area contributed by atoms with Gasteiger partial charge in [-0.2, -0.15) is 0 Å². The Labute approximate surface area is 530 Å². The molecule has 0 saturated carbocycles. The molecule has 4 heterocycles. The van der Waals surface area contributed by atoms with Crippen LogP contribution in [0.4, 0.5) is 0 Å². The number of esters is 6. The van der Waals surface area contributed by atoms with Gasteiger partial charge in [0.05, 0.1) is 57.1 Å². The molecule has 3 aromatic carbocycles. The van der Waals surface area contributed by atoms with Crippen LogP contribution in [0, 0.1) is 5.92 Å². The van der Waals surface area contributed by atoms with Crippen LogP contribution in [0.15, 0.2) is 60.7 Å². The molecule has 3 saturated heterocycles. The molecule has 0 aromatic heterocycles. The van der Waals surface area contributed by atoms with Crippen LogP contribution in [0.5, 0.6) is 0 Å². The zero-order valence-electron chi connectivity index (χ0n) is 50.8. The van der Waals surface area contributed by atoms with Crippen molar-refractivity contribution in [1.29, 1.82) is 0 Å². The monoisotopic (exact) mass is 1330 g/mol. The van der Waals surface area contributed by atoms with E-state index >= 15 is 9.59 Å². The van der Waals surface area contributed by atoms with Crippen molar-refractivity contribution in [3.8, 4) is 0 Å². The van der Waals surface area contributed by atoms with E-state index in [1.54, 1.807) is 54.6 Å². The lowest BCUT2D eigenvalue weighted by molar-refractivity contribution is -0.376. The van der Waals surface area contributed by atoms with E-state index in [1.165, 1.54) is 6.92 Å². The molecule has 0 bridgehead atoms. The van der Waals surface area contributed by atoms with E-state index in [1.807, 2.05) is 46.9 Å². The number of ether oxygens (including phenoxy) is 13. The first kappa shape index (κ1) is 70.1. The highest BCUT2D eigenvalue weighted by Crippen LogP contribution is 2.50. The van der Waals surface area contributed by atoms with E-state index in [4.69, 9.17) is 112 Å². The molecule has 15 atom stereocenters. The van der Waals surface area contributed by atoms with Crippen molar-refractivity contribution in [2.75, 3.05) is 13.2 Å². The van der Waals surface area contributed by atoms with Crippen LogP contribution >= 0.6 is 46.4 Å². The summed E-state index contributed by atoms with van der Waals surface area (Å²) in [6.07, 6.45) is -23.4. The second-order valence-electron chi connectivity index (χ2n) is 22.9. The van der Waals surface area contributed by atoms with Crippen LogP contribution in [0.2, 0.25) is 38.2 Å². The van der Waals surface area contributed by atoms with Crippen molar-refractivity contribution in [3.63, 3.8) is 0 Å². The number of imide groups is 1. The van der Waals surface area contributed by atoms with Crippen LogP contribution in [0.1, 0.15) is 108 Å². The summed E-state index contributed by atoms with van der Waals surface area (Å²) in [5.74, 6) is -7.54. The van der Waals surface area contributed by atoms with Gasteiger partial charge in [-0.15, -0.1) is 0 Å². The quantitative estimate of drug-likeness (QED) is 0.0214. The molecule has 23 nitrogen and oxygen atoms in total. The summed E-state index contributed by atoms with van der Waals surface area (Å²) in [5.41, 5.74) is 0.401. The third kappa shape index (κ3) is 16.0. The molecule has 4 aliphatic heterocycles. The molecule has 0 radical (unpaired) electrons. The van der Waals surface area contributed by atoms with Crippen LogP contribution in [0.3, 0.4) is 0 Å². The van der Waals surface area contributed by atoms with Crippen molar-refractivity contribution in [1.82, 2.24) is 4.90 Å². The standard InChI is InChI=1S/C60H73Cl4NO22Si/c1-28(2)60(10,11)88(12,13)87-57-46(65-55(72)40-41(56(65)73)43(62)45(64)44(63)42(40)61)50(86-58-53(76-25-37-22-18-15-19-23-37)51(80-33(7)69)47(29(3)77-58)78-31(5)67)48(38(83-57)26-74-24-36-20-16-14-17-21-36)85-59-54(82-35(9)71)52(81-34(8)70)49(79-32(6)68)39(84-59)27-75-30(4)66/h14-23,28-29,38-39,46-54,57-59H,24-27H2,1-13H3/t29-,38+,39+,46+,47+,48+,49-,50+,51+,52-,53-,54+,57-,58-,59-/m0/s1. The minimum atomic E-state index is -3.31. The molecule has 482 valence electrons. The second kappa shape index (κ2) is 29.7. The van der Waals surface area contributed by atoms with Crippen molar-refractivity contribution >= 4 is 102 Å². The molecule has 0 aliphatic carbocycles. The molecule has 0 unspecified atom stereocenters. The van der Waals surface area contributed by atoms with Gasteiger partial charge in [0, 0.05) is 41.5 Å². The van der Waals surface area contributed by atoms with Crippen molar-refractivity contribution in [3.05, 3.63) is 103 Å². The molecule has 2 amide bonds. The summed E-state index contributed by atoms with van der Waals surface area (Å²) >= 11 is 27.0. The van der Waals surface area contributed by atoms with Gasteiger partial charge < -0.3 is 66.0 Å². The van der Waals surface area contributed by atoms with Crippen molar-refractivity contribution in [2.45, 2.75) is 200 Å². The molecule has 3 aromatic rings. The Morgan fingerprint density at radius 3 is 1.47 bits per heavy atom. The second-order valence-corrected chi connectivity index (χ2v) is 29.0. The predicted octanol–water partition coefficient (Wildman–Crippen LogP) is 8.91. The number of amides is 2. The minimum Gasteiger partial charge on any atom is -0.463 e. The van der Waals surface area contributed by atoms with Crippen LogP contribution in [-0.2, 0) is 108 Å². The largest absolute Gasteiger partial charge is 0.463 e. The number of halogens is 4. The van der Waals surface area contributed by atoms with Gasteiger partial charge in [0.2, 0.25) is 0 Å². The van der Waals surface area contributed by atoms with E-state index in [0.717, 1.165) is 46.4 Å². The first-order valence-corrected chi connectivity index (χ1v) is 32.7. The highest BCUT2D eigenvalue weighted by atomic mass is 35.5. The Balaban J connectivity index is 1.54. The van der Waals surface area contributed by atoms with Crippen LogP contribution in [0.25, 0.3) is 0 Å². The number of nitrogens with zero attached hydrogens (tertiary/aromatic N) is 1. The Morgan fingerprint density at radius 1 is 0.534 bits per heavy atom. The molecule has 4 aliphatic rings. The topological polar surface area (TPSA) is 269 Å². The summed E-state index contributed by atoms with van der Waals surface area (Å²) in [5, 5.41) is -2.22. The van der Waals surface area contributed by atoms with Gasteiger partial charge >= 0.3 is 35.8 Å². The lowest BCUT2D eigenvalue weighted by Gasteiger charge is -2.54. The summed E-state index contributed by atoms with van der Waals surface area (Å²) in [6.45, 7) is 18.5. The third-order valence-corrected chi connectivity index (χ3v) is 22.3. The number of hydrogen-bond donors (Lipinski definition) is 0. The lowest BCUT2D eigenvalue weighted by atomic mass is 9.93. The van der Waals surface area contributed by atoms with Crippen molar-refractivity contribution in [2.24, 2.45) is 5.92 Å².